The van der Waals surface area contributed by atoms with Gasteiger partial charge in [-0.3, -0.25) is 9.59 Å². The van der Waals surface area contributed by atoms with Crippen LogP contribution in [0.1, 0.15) is 56.8 Å². The number of rotatable bonds is 7. The van der Waals surface area contributed by atoms with Crippen molar-refractivity contribution >= 4 is 29.1 Å². The number of benzene rings is 4. The molecule has 1 aliphatic rings. The number of halogens is 1. The highest BCUT2D eigenvalue weighted by atomic mass is 35.5. The zero-order valence-electron chi connectivity index (χ0n) is 21.3. The maximum atomic E-state index is 13.0. The number of primary amides is 1. The highest BCUT2D eigenvalue weighted by Gasteiger charge is 2.20. The first kappa shape index (κ1) is 25.6. The third-order valence-corrected chi connectivity index (χ3v) is 7.32. The summed E-state index contributed by atoms with van der Waals surface area (Å²) in [7, 11) is 0. The first-order valence-corrected chi connectivity index (χ1v) is 13.2. The van der Waals surface area contributed by atoms with Crippen LogP contribution in [0.3, 0.4) is 0 Å². The lowest BCUT2D eigenvalue weighted by molar-refractivity contribution is 0.0938. The van der Waals surface area contributed by atoms with Gasteiger partial charge in [0.25, 0.3) is 5.91 Å². The lowest BCUT2D eigenvalue weighted by Gasteiger charge is -2.32. The van der Waals surface area contributed by atoms with Crippen molar-refractivity contribution in [1.29, 1.82) is 0 Å². The molecule has 0 aliphatic carbocycles. The Bertz CT molecular complexity index is 1480. The van der Waals surface area contributed by atoms with Gasteiger partial charge in [0, 0.05) is 34.9 Å². The van der Waals surface area contributed by atoms with Crippen molar-refractivity contribution in [1.82, 2.24) is 5.32 Å². The van der Waals surface area contributed by atoms with E-state index in [1.807, 2.05) is 73.7 Å². The molecule has 4 aromatic rings. The molecule has 192 valence electrons. The van der Waals surface area contributed by atoms with Crippen LogP contribution >= 0.6 is 11.6 Å². The lowest BCUT2D eigenvalue weighted by Crippen LogP contribution is -2.30. The van der Waals surface area contributed by atoms with Gasteiger partial charge < -0.3 is 16.0 Å². The number of fused-ring (bicyclic) bond motifs is 1. The van der Waals surface area contributed by atoms with Gasteiger partial charge in [0.05, 0.1) is 6.04 Å². The van der Waals surface area contributed by atoms with E-state index in [0.29, 0.717) is 16.1 Å². The average Bonchev–Trinajstić information content (AvgIpc) is 2.93. The monoisotopic (exact) mass is 523 g/mol. The smallest absolute Gasteiger partial charge is 0.251 e. The second kappa shape index (κ2) is 11.1. The summed E-state index contributed by atoms with van der Waals surface area (Å²) in [5.41, 5.74) is 13.0. The molecular formula is C32H30ClN3O2. The Morgan fingerprint density at radius 3 is 2.53 bits per heavy atom. The molecule has 1 heterocycles. The number of nitrogens with zero attached hydrogens (tertiary/aromatic N) is 1. The molecule has 0 fully saturated rings. The Morgan fingerprint density at radius 1 is 0.974 bits per heavy atom. The normalized spacial score (nSPS) is 13.5. The minimum Gasteiger partial charge on any atom is -0.367 e. The third kappa shape index (κ3) is 5.58. The number of nitrogens with one attached hydrogen (secondary N) is 1. The molecule has 5 rings (SSSR count). The van der Waals surface area contributed by atoms with Gasteiger partial charge in [-0.2, -0.15) is 0 Å². The number of carbonyl (C=O) groups excluding carboxylic acids is 2. The Kier molecular flexibility index (Phi) is 7.47. The first-order valence-electron chi connectivity index (χ1n) is 12.8. The summed E-state index contributed by atoms with van der Waals surface area (Å²) < 4.78 is 0. The molecule has 1 aliphatic heterocycles. The van der Waals surface area contributed by atoms with Crippen LogP contribution in [0.5, 0.6) is 0 Å². The van der Waals surface area contributed by atoms with E-state index >= 15 is 0 Å². The Labute approximate surface area is 228 Å². The molecule has 0 radical (unpaired) electrons. The number of nitrogens with two attached hydrogens (primary N) is 1. The highest BCUT2D eigenvalue weighted by molar-refractivity contribution is 6.30. The van der Waals surface area contributed by atoms with Gasteiger partial charge in [-0.1, -0.05) is 66.2 Å². The summed E-state index contributed by atoms with van der Waals surface area (Å²) in [6, 6.07) is 29.1. The highest BCUT2D eigenvalue weighted by Crippen LogP contribution is 2.31. The molecule has 4 aromatic carbocycles. The van der Waals surface area contributed by atoms with E-state index in [0.717, 1.165) is 42.6 Å². The molecule has 6 heteroatoms. The molecule has 0 saturated heterocycles. The van der Waals surface area contributed by atoms with Gasteiger partial charge in [-0.05, 0) is 84.0 Å². The Morgan fingerprint density at radius 2 is 1.76 bits per heavy atom. The predicted molar refractivity (Wildman–Crippen MR) is 154 cm³/mol. The third-order valence-electron chi connectivity index (χ3n) is 7.08. The average molecular weight is 524 g/mol. The van der Waals surface area contributed by atoms with Crippen LogP contribution in [-0.4, -0.2) is 18.4 Å². The van der Waals surface area contributed by atoms with Crippen LogP contribution < -0.4 is 16.0 Å². The molecule has 2 amide bonds. The first-order chi connectivity index (χ1) is 18.4. The number of hydrogen-bond donors (Lipinski definition) is 2. The van der Waals surface area contributed by atoms with Gasteiger partial charge in [-0.25, -0.2) is 0 Å². The van der Waals surface area contributed by atoms with E-state index in [1.165, 1.54) is 16.8 Å². The number of hydrogen-bond acceptors (Lipinski definition) is 3. The molecular weight excluding hydrogens is 494 g/mol. The second-order valence-electron chi connectivity index (χ2n) is 9.73. The minimum atomic E-state index is -0.429. The van der Waals surface area contributed by atoms with Crippen LogP contribution in [0, 0.1) is 0 Å². The van der Waals surface area contributed by atoms with Gasteiger partial charge in [0.1, 0.15) is 0 Å². The van der Waals surface area contributed by atoms with Crippen molar-refractivity contribution in [2.24, 2.45) is 5.73 Å². The van der Waals surface area contributed by atoms with Crippen molar-refractivity contribution in [3.63, 3.8) is 0 Å². The van der Waals surface area contributed by atoms with Crippen molar-refractivity contribution in [2.45, 2.75) is 32.4 Å². The molecule has 5 nitrogen and oxygen atoms in total. The summed E-state index contributed by atoms with van der Waals surface area (Å²) in [5, 5.41) is 3.74. The zero-order chi connectivity index (χ0) is 26.6. The van der Waals surface area contributed by atoms with E-state index in [1.54, 1.807) is 6.07 Å². The SMILES string of the molecule is CC(NC(=O)c1ccc2c(c1)CCCN2Cc1ccc(-c2ccccc2C(N)=O)cc1)c1cccc(Cl)c1. The van der Waals surface area contributed by atoms with E-state index in [9.17, 15) is 9.59 Å². The quantitative estimate of drug-likeness (QED) is 0.288. The number of amides is 2. The molecule has 0 aromatic heterocycles. The van der Waals surface area contributed by atoms with E-state index in [2.05, 4.69) is 28.4 Å². The number of anilines is 1. The van der Waals surface area contributed by atoms with Gasteiger partial charge >= 0.3 is 0 Å². The van der Waals surface area contributed by atoms with Crippen LogP contribution in [0.4, 0.5) is 5.69 Å². The van der Waals surface area contributed by atoms with E-state index in [4.69, 9.17) is 17.3 Å². The van der Waals surface area contributed by atoms with Crippen LogP contribution in [0.15, 0.2) is 91.0 Å². The standard InChI is InChI=1S/C32H30ClN3O2/c1-21(24-6-4-8-27(33)19-24)35-32(38)26-15-16-30-25(18-26)7-5-17-36(30)20-22-11-13-23(14-12-22)28-9-2-3-10-29(28)31(34)37/h2-4,6,8-16,18-19,21H,5,7,17,20H2,1H3,(H2,34,37)(H,35,38). The summed E-state index contributed by atoms with van der Waals surface area (Å²) in [6.07, 6.45) is 1.97. The van der Waals surface area contributed by atoms with Crippen molar-refractivity contribution in [3.8, 4) is 11.1 Å². The summed E-state index contributed by atoms with van der Waals surface area (Å²) in [5.74, 6) is -0.522. The van der Waals surface area contributed by atoms with Crippen molar-refractivity contribution in [2.75, 3.05) is 11.4 Å². The fraction of sp³-hybridized carbons (Fsp3) is 0.188. The lowest BCUT2D eigenvalue weighted by atomic mass is 9.96. The van der Waals surface area contributed by atoms with Crippen LogP contribution in [-0.2, 0) is 13.0 Å². The topological polar surface area (TPSA) is 75.4 Å². The predicted octanol–water partition coefficient (Wildman–Crippen LogP) is 6.55. The summed E-state index contributed by atoms with van der Waals surface area (Å²) >= 11 is 6.11. The van der Waals surface area contributed by atoms with Crippen LogP contribution in [0.25, 0.3) is 11.1 Å². The molecule has 1 atom stereocenters. The van der Waals surface area contributed by atoms with Gasteiger partial charge in [0.15, 0.2) is 0 Å². The molecule has 1 unspecified atom stereocenters. The second-order valence-corrected chi connectivity index (χ2v) is 10.2. The fourth-order valence-electron chi connectivity index (χ4n) is 5.08. The largest absolute Gasteiger partial charge is 0.367 e. The number of aryl methyl sites for hydroxylation is 1. The molecule has 38 heavy (non-hydrogen) atoms. The minimum absolute atomic E-state index is 0.0933. The van der Waals surface area contributed by atoms with Crippen LogP contribution in [0.2, 0.25) is 5.02 Å². The molecule has 3 N–H and O–H groups in total. The van der Waals surface area contributed by atoms with Gasteiger partial charge in [0.2, 0.25) is 5.91 Å². The van der Waals surface area contributed by atoms with Crippen molar-refractivity contribution < 1.29 is 9.59 Å². The zero-order valence-corrected chi connectivity index (χ0v) is 22.0. The maximum absolute atomic E-state index is 13.0. The summed E-state index contributed by atoms with van der Waals surface area (Å²) in [6.45, 7) is 3.68. The van der Waals surface area contributed by atoms with Gasteiger partial charge in [-0.15, -0.1) is 0 Å². The molecule has 0 saturated carbocycles. The Balaban J connectivity index is 1.29. The molecule has 0 bridgehead atoms. The Hall–Kier alpha value is -4.09. The van der Waals surface area contributed by atoms with E-state index < -0.39 is 5.91 Å². The number of carbonyl (C=O) groups is 2. The maximum Gasteiger partial charge on any atom is 0.251 e. The fourth-order valence-corrected chi connectivity index (χ4v) is 5.28. The summed E-state index contributed by atoms with van der Waals surface area (Å²) in [4.78, 5) is 27.2. The van der Waals surface area contributed by atoms with E-state index in [-0.39, 0.29) is 11.9 Å². The molecule has 0 spiro atoms. The van der Waals surface area contributed by atoms with Crippen molar-refractivity contribution in [3.05, 3.63) is 124 Å².